The summed E-state index contributed by atoms with van der Waals surface area (Å²) in [4.78, 5) is 12.1. The lowest BCUT2D eigenvalue weighted by atomic mass is 10.1. The summed E-state index contributed by atoms with van der Waals surface area (Å²) < 4.78 is 0. The highest BCUT2D eigenvalue weighted by atomic mass is 32.1. The summed E-state index contributed by atoms with van der Waals surface area (Å²) in [6.45, 7) is 1.69. The second-order valence-corrected chi connectivity index (χ2v) is 5.30. The van der Waals surface area contributed by atoms with Gasteiger partial charge in [0.2, 0.25) is 0 Å². The van der Waals surface area contributed by atoms with Crippen molar-refractivity contribution in [1.82, 2.24) is 5.01 Å². The van der Waals surface area contributed by atoms with Gasteiger partial charge in [-0.25, -0.2) is 0 Å². The summed E-state index contributed by atoms with van der Waals surface area (Å²) in [7, 11) is 0. The molecule has 2 aromatic carbocycles. The smallest absolute Gasteiger partial charge is 0.282 e. The zero-order chi connectivity index (χ0) is 15.7. The minimum Gasteiger partial charge on any atom is -0.374 e. The number of hydrogen-bond acceptors (Lipinski definition) is 5. The van der Waals surface area contributed by atoms with Crippen molar-refractivity contribution < 1.29 is 4.79 Å². The lowest BCUT2D eigenvalue weighted by molar-refractivity contribution is -0.126. The Morgan fingerprint density at radius 3 is 2.68 bits per heavy atom. The Bertz CT molecular complexity index is 830. The number of azo groups is 1. The number of rotatable bonds is 2. The van der Waals surface area contributed by atoms with E-state index in [1.807, 2.05) is 42.5 Å². The largest absolute Gasteiger partial charge is 0.374 e. The molecule has 0 saturated heterocycles. The number of amides is 1. The minimum absolute atomic E-state index is 0.0900. The number of hydrazone groups is 1. The van der Waals surface area contributed by atoms with E-state index >= 15 is 0 Å². The van der Waals surface area contributed by atoms with Crippen LogP contribution < -0.4 is 5.73 Å². The van der Waals surface area contributed by atoms with Gasteiger partial charge in [0.05, 0.1) is 11.4 Å². The number of nitrogens with two attached hydrogens (primary N) is 1. The van der Waals surface area contributed by atoms with E-state index in [-0.39, 0.29) is 11.0 Å². The fraction of sp³-hybridized carbons (Fsp3) is 0.133. The highest BCUT2D eigenvalue weighted by molar-refractivity contribution is 7.80. The summed E-state index contributed by atoms with van der Waals surface area (Å²) in [6, 6.07) is 12.9. The SMILES string of the molecule is CC1=NN(C(N)=S)C(=O)C1N=Nc1ccc2ccccc2c1. The van der Waals surface area contributed by atoms with Crippen molar-refractivity contribution in [3.63, 3.8) is 0 Å². The van der Waals surface area contributed by atoms with E-state index in [0.29, 0.717) is 11.4 Å². The minimum atomic E-state index is -0.770. The molecule has 22 heavy (non-hydrogen) atoms. The Morgan fingerprint density at radius 1 is 1.27 bits per heavy atom. The van der Waals surface area contributed by atoms with Crippen molar-refractivity contribution in [2.75, 3.05) is 0 Å². The predicted octanol–water partition coefficient (Wildman–Crippen LogP) is 2.75. The van der Waals surface area contributed by atoms with E-state index in [1.165, 1.54) is 0 Å². The Labute approximate surface area is 132 Å². The lowest BCUT2D eigenvalue weighted by Crippen LogP contribution is -2.37. The molecule has 1 aliphatic rings. The molecule has 3 rings (SSSR count). The monoisotopic (exact) mass is 311 g/mol. The van der Waals surface area contributed by atoms with Crippen molar-refractivity contribution in [2.45, 2.75) is 13.0 Å². The van der Waals surface area contributed by atoms with Gasteiger partial charge in [-0.3, -0.25) is 4.79 Å². The number of fused-ring (bicyclic) bond motifs is 1. The molecule has 1 atom stereocenters. The molecule has 1 heterocycles. The van der Waals surface area contributed by atoms with E-state index in [1.54, 1.807) is 6.92 Å². The molecular formula is C15H13N5OS. The van der Waals surface area contributed by atoms with Crippen LogP contribution in [0.15, 0.2) is 57.8 Å². The van der Waals surface area contributed by atoms with Crippen LogP contribution >= 0.6 is 12.2 Å². The van der Waals surface area contributed by atoms with Gasteiger partial charge in [-0.05, 0) is 42.0 Å². The van der Waals surface area contributed by atoms with Crippen LogP contribution in [-0.4, -0.2) is 27.8 Å². The first kappa shape index (κ1) is 14.3. The van der Waals surface area contributed by atoms with E-state index in [2.05, 4.69) is 15.3 Å². The third-order valence-corrected chi connectivity index (χ3v) is 3.50. The number of carbonyl (C=O) groups excluding carboxylic acids is 1. The molecule has 0 aliphatic carbocycles. The fourth-order valence-electron chi connectivity index (χ4n) is 2.21. The number of carbonyl (C=O) groups is 1. The molecule has 6 nitrogen and oxygen atoms in total. The lowest BCUT2D eigenvalue weighted by Gasteiger charge is -2.08. The second kappa shape index (κ2) is 5.61. The number of nitrogens with zero attached hydrogens (tertiary/aromatic N) is 4. The molecule has 2 aromatic rings. The zero-order valence-corrected chi connectivity index (χ0v) is 12.6. The van der Waals surface area contributed by atoms with Crippen LogP contribution in [0.1, 0.15) is 6.92 Å². The molecule has 1 aliphatic heterocycles. The maximum atomic E-state index is 12.1. The quantitative estimate of drug-likeness (QED) is 0.683. The van der Waals surface area contributed by atoms with E-state index in [0.717, 1.165) is 15.8 Å². The van der Waals surface area contributed by atoms with E-state index in [4.69, 9.17) is 18.0 Å². The van der Waals surface area contributed by atoms with E-state index in [9.17, 15) is 4.79 Å². The Balaban J connectivity index is 1.85. The van der Waals surface area contributed by atoms with Gasteiger partial charge in [-0.15, -0.1) is 0 Å². The summed E-state index contributed by atoms with van der Waals surface area (Å²) >= 11 is 4.77. The van der Waals surface area contributed by atoms with Crippen molar-refractivity contribution >= 4 is 45.4 Å². The fourth-order valence-corrected chi connectivity index (χ4v) is 2.34. The number of benzene rings is 2. The average Bonchev–Trinajstić information content (AvgIpc) is 2.80. The number of hydrogen-bond donors (Lipinski definition) is 1. The summed E-state index contributed by atoms with van der Waals surface area (Å²) in [6.07, 6.45) is 0. The van der Waals surface area contributed by atoms with Gasteiger partial charge in [0.1, 0.15) is 0 Å². The molecule has 1 amide bonds. The first-order valence-corrected chi connectivity index (χ1v) is 7.05. The van der Waals surface area contributed by atoms with Gasteiger partial charge in [-0.2, -0.15) is 20.3 Å². The molecular weight excluding hydrogens is 298 g/mol. The number of thiocarbonyl (C=S) groups is 1. The van der Waals surface area contributed by atoms with Crippen LogP contribution in [-0.2, 0) is 4.79 Å². The highest BCUT2D eigenvalue weighted by Gasteiger charge is 2.35. The second-order valence-electron chi connectivity index (χ2n) is 4.88. The molecule has 1 unspecified atom stereocenters. The predicted molar refractivity (Wildman–Crippen MR) is 89.0 cm³/mol. The van der Waals surface area contributed by atoms with Gasteiger partial charge < -0.3 is 5.73 Å². The highest BCUT2D eigenvalue weighted by Crippen LogP contribution is 2.22. The van der Waals surface area contributed by atoms with Crippen molar-refractivity contribution in [1.29, 1.82) is 0 Å². The summed E-state index contributed by atoms with van der Waals surface area (Å²) in [5.41, 5.74) is 6.63. The van der Waals surface area contributed by atoms with Crippen molar-refractivity contribution in [3.8, 4) is 0 Å². The maximum Gasteiger partial charge on any atom is 0.282 e. The Kier molecular flexibility index (Phi) is 3.64. The van der Waals surface area contributed by atoms with E-state index < -0.39 is 6.04 Å². The topological polar surface area (TPSA) is 83.4 Å². The van der Waals surface area contributed by atoms with Crippen LogP contribution in [0.3, 0.4) is 0 Å². The Morgan fingerprint density at radius 2 is 2.00 bits per heavy atom. The molecule has 7 heteroatoms. The van der Waals surface area contributed by atoms with Gasteiger partial charge >= 0.3 is 0 Å². The van der Waals surface area contributed by atoms with Gasteiger partial charge in [0, 0.05) is 0 Å². The average molecular weight is 311 g/mol. The molecule has 0 radical (unpaired) electrons. The Hall–Kier alpha value is -2.67. The maximum absolute atomic E-state index is 12.1. The van der Waals surface area contributed by atoms with Crippen molar-refractivity contribution in [2.24, 2.45) is 21.1 Å². The molecule has 0 aromatic heterocycles. The van der Waals surface area contributed by atoms with Crippen LogP contribution in [0, 0.1) is 0 Å². The summed E-state index contributed by atoms with van der Waals surface area (Å²) in [5.74, 6) is -0.380. The molecule has 0 saturated carbocycles. The third kappa shape index (κ3) is 2.58. The summed E-state index contributed by atoms with van der Waals surface area (Å²) in [5, 5.41) is 15.3. The standard InChI is InChI=1S/C15H13N5OS/c1-9-13(14(21)20(19-9)15(16)22)18-17-12-7-6-10-4-2-3-5-11(10)8-12/h2-8,13H,1H3,(H2,16,22). The van der Waals surface area contributed by atoms with Crippen LogP contribution in [0.2, 0.25) is 0 Å². The molecule has 0 spiro atoms. The molecule has 0 bridgehead atoms. The van der Waals surface area contributed by atoms with Crippen LogP contribution in [0.5, 0.6) is 0 Å². The normalized spacial score (nSPS) is 18.2. The van der Waals surface area contributed by atoms with Crippen LogP contribution in [0.4, 0.5) is 5.69 Å². The molecule has 0 fully saturated rings. The third-order valence-electron chi connectivity index (χ3n) is 3.33. The van der Waals surface area contributed by atoms with Gasteiger partial charge in [0.15, 0.2) is 11.2 Å². The van der Waals surface area contributed by atoms with Crippen molar-refractivity contribution in [3.05, 3.63) is 42.5 Å². The first-order chi connectivity index (χ1) is 10.6. The molecule has 2 N–H and O–H groups in total. The van der Waals surface area contributed by atoms with Gasteiger partial charge in [0.25, 0.3) is 5.91 Å². The zero-order valence-electron chi connectivity index (χ0n) is 11.8. The van der Waals surface area contributed by atoms with Crippen LogP contribution in [0.25, 0.3) is 10.8 Å². The first-order valence-electron chi connectivity index (χ1n) is 6.64. The molecule has 110 valence electrons. The van der Waals surface area contributed by atoms with Gasteiger partial charge in [-0.1, -0.05) is 30.3 Å².